The molecule has 1 saturated carbocycles. The summed E-state index contributed by atoms with van der Waals surface area (Å²) in [6.07, 6.45) is 1.54. The molecule has 2 rings (SSSR count). The van der Waals surface area contributed by atoms with Crippen LogP contribution in [0.2, 0.25) is 0 Å². The second-order valence-corrected chi connectivity index (χ2v) is 4.05. The maximum atomic E-state index is 11.4. The van der Waals surface area contributed by atoms with Crippen LogP contribution < -0.4 is 11.1 Å². The quantitative estimate of drug-likeness (QED) is 0.809. The van der Waals surface area contributed by atoms with E-state index in [1.165, 1.54) is 0 Å². The van der Waals surface area contributed by atoms with Crippen molar-refractivity contribution in [2.45, 2.75) is 31.5 Å². The molecule has 0 heterocycles. The van der Waals surface area contributed by atoms with Crippen LogP contribution in [0.3, 0.4) is 0 Å². The first-order valence-corrected chi connectivity index (χ1v) is 5.48. The van der Waals surface area contributed by atoms with Gasteiger partial charge >= 0.3 is 6.09 Å². The Bertz CT molecular complexity index is 353. The number of rotatable bonds is 3. The molecule has 0 spiro atoms. The lowest BCUT2D eigenvalue weighted by Crippen LogP contribution is -2.54. The van der Waals surface area contributed by atoms with Crippen LogP contribution in [0.15, 0.2) is 30.3 Å². The second-order valence-electron chi connectivity index (χ2n) is 4.05. The van der Waals surface area contributed by atoms with E-state index >= 15 is 0 Å². The third-order valence-corrected chi connectivity index (χ3v) is 2.84. The third-order valence-electron chi connectivity index (χ3n) is 2.84. The third kappa shape index (κ3) is 2.73. The highest BCUT2D eigenvalue weighted by Gasteiger charge is 2.28. The zero-order chi connectivity index (χ0) is 11.4. The lowest BCUT2D eigenvalue weighted by Gasteiger charge is -2.33. The van der Waals surface area contributed by atoms with E-state index in [2.05, 4.69) is 5.32 Å². The van der Waals surface area contributed by atoms with Crippen molar-refractivity contribution in [2.75, 3.05) is 0 Å². The molecule has 1 amide bonds. The molecule has 1 aliphatic carbocycles. The topological polar surface area (TPSA) is 64.3 Å². The molecule has 0 saturated heterocycles. The van der Waals surface area contributed by atoms with Gasteiger partial charge < -0.3 is 15.8 Å². The molecular weight excluding hydrogens is 204 g/mol. The van der Waals surface area contributed by atoms with Gasteiger partial charge in [-0.15, -0.1) is 0 Å². The maximum absolute atomic E-state index is 11.4. The number of alkyl carbamates (subject to hydrolysis) is 1. The summed E-state index contributed by atoms with van der Waals surface area (Å²) >= 11 is 0. The molecular formula is C12H16N2O2. The smallest absolute Gasteiger partial charge is 0.407 e. The van der Waals surface area contributed by atoms with Gasteiger partial charge in [0.05, 0.1) is 0 Å². The Morgan fingerprint density at radius 1 is 1.38 bits per heavy atom. The lowest BCUT2D eigenvalue weighted by atomic mass is 9.87. The first-order valence-electron chi connectivity index (χ1n) is 5.48. The fourth-order valence-corrected chi connectivity index (χ4v) is 1.62. The molecule has 1 aliphatic rings. The molecule has 0 bridgehead atoms. The van der Waals surface area contributed by atoms with Gasteiger partial charge in [-0.05, 0) is 18.4 Å². The van der Waals surface area contributed by atoms with E-state index in [-0.39, 0.29) is 18.2 Å². The molecule has 4 heteroatoms. The molecule has 3 N–H and O–H groups in total. The van der Waals surface area contributed by atoms with Crippen molar-refractivity contribution < 1.29 is 9.53 Å². The average Bonchev–Trinajstić information content (AvgIpc) is 2.33. The van der Waals surface area contributed by atoms with Gasteiger partial charge in [0.15, 0.2) is 0 Å². The summed E-state index contributed by atoms with van der Waals surface area (Å²) in [6, 6.07) is 9.77. The lowest BCUT2D eigenvalue weighted by molar-refractivity contribution is 0.127. The van der Waals surface area contributed by atoms with E-state index in [1.54, 1.807) is 0 Å². The largest absolute Gasteiger partial charge is 0.445 e. The predicted molar refractivity (Wildman–Crippen MR) is 60.8 cm³/mol. The minimum Gasteiger partial charge on any atom is -0.445 e. The van der Waals surface area contributed by atoms with Crippen molar-refractivity contribution in [2.24, 2.45) is 5.73 Å². The number of hydrogen-bond acceptors (Lipinski definition) is 3. The van der Waals surface area contributed by atoms with Crippen LogP contribution in [-0.2, 0) is 11.3 Å². The molecule has 86 valence electrons. The zero-order valence-electron chi connectivity index (χ0n) is 9.06. The minimum absolute atomic E-state index is 0.0864. The van der Waals surface area contributed by atoms with Crippen LogP contribution in [0.1, 0.15) is 18.4 Å². The standard InChI is InChI=1S/C12H16N2O2/c13-10-6-7-11(10)14-12(15)16-8-9-4-2-1-3-5-9/h1-5,10-11H,6-8,13H2,(H,14,15)/t10-,11-/m1/s1. The van der Waals surface area contributed by atoms with Crippen LogP contribution in [0, 0.1) is 0 Å². The summed E-state index contributed by atoms with van der Waals surface area (Å²) in [7, 11) is 0. The number of ether oxygens (including phenoxy) is 1. The number of nitrogens with two attached hydrogens (primary N) is 1. The summed E-state index contributed by atoms with van der Waals surface area (Å²) in [6.45, 7) is 0.300. The first kappa shape index (κ1) is 11.0. The van der Waals surface area contributed by atoms with Crippen molar-refractivity contribution in [1.29, 1.82) is 0 Å². The van der Waals surface area contributed by atoms with Crippen LogP contribution in [-0.4, -0.2) is 18.2 Å². The van der Waals surface area contributed by atoms with Crippen molar-refractivity contribution in [1.82, 2.24) is 5.32 Å². The fourth-order valence-electron chi connectivity index (χ4n) is 1.62. The van der Waals surface area contributed by atoms with Gasteiger partial charge in [0, 0.05) is 12.1 Å². The summed E-state index contributed by atoms with van der Waals surface area (Å²) in [5.74, 6) is 0. The number of hydrogen-bond donors (Lipinski definition) is 2. The highest BCUT2D eigenvalue weighted by atomic mass is 16.5. The van der Waals surface area contributed by atoms with Crippen molar-refractivity contribution in [3.05, 3.63) is 35.9 Å². The van der Waals surface area contributed by atoms with Crippen molar-refractivity contribution in [3.63, 3.8) is 0 Å². The molecule has 0 aromatic heterocycles. The fraction of sp³-hybridized carbons (Fsp3) is 0.417. The van der Waals surface area contributed by atoms with E-state index in [9.17, 15) is 4.79 Å². The van der Waals surface area contributed by atoms with Crippen molar-refractivity contribution in [3.8, 4) is 0 Å². The number of carbonyl (C=O) groups excluding carboxylic acids is 1. The van der Waals surface area contributed by atoms with E-state index in [4.69, 9.17) is 10.5 Å². The average molecular weight is 220 g/mol. The van der Waals surface area contributed by atoms with Gasteiger partial charge in [0.1, 0.15) is 6.61 Å². The second kappa shape index (κ2) is 4.99. The molecule has 2 atom stereocenters. The van der Waals surface area contributed by atoms with Crippen LogP contribution >= 0.6 is 0 Å². The van der Waals surface area contributed by atoms with Crippen molar-refractivity contribution >= 4 is 6.09 Å². The normalized spacial score (nSPS) is 23.3. The van der Waals surface area contributed by atoms with Crippen LogP contribution in [0.4, 0.5) is 4.79 Å². The molecule has 1 fully saturated rings. The molecule has 0 unspecified atom stereocenters. The molecule has 0 aliphatic heterocycles. The van der Waals surface area contributed by atoms with Gasteiger partial charge in [-0.3, -0.25) is 0 Å². The predicted octanol–water partition coefficient (Wildman–Crippen LogP) is 1.40. The van der Waals surface area contributed by atoms with Gasteiger partial charge in [0.2, 0.25) is 0 Å². The van der Waals surface area contributed by atoms with Crippen LogP contribution in [0.25, 0.3) is 0 Å². The number of nitrogens with one attached hydrogen (secondary N) is 1. The molecule has 0 radical (unpaired) electrons. The summed E-state index contributed by atoms with van der Waals surface area (Å²) in [5.41, 5.74) is 6.69. The zero-order valence-corrected chi connectivity index (χ0v) is 9.06. The number of benzene rings is 1. The SMILES string of the molecule is N[C@@H]1CC[C@H]1NC(=O)OCc1ccccc1. The van der Waals surface area contributed by atoms with Gasteiger partial charge in [-0.1, -0.05) is 30.3 Å². The van der Waals surface area contributed by atoms with Gasteiger partial charge in [-0.2, -0.15) is 0 Å². The van der Waals surface area contributed by atoms with E-state index < -0.39 is 0 Å². The Morgan fingerprint density at radius 2 is 2.12 bits per heavy atom. The number of carbonyl (C=O) groups is 1. The van der Waals surface area contributed by atoms with E-state index in [0.717, 1.165) is 18.4 Å². The summed E-state index contributed by atoms with van der Waals surface area (Å²) < 4.78 is 5.08. The highest BCUT2D eigenvalue weighted by Crippen LogP contribution is 2.17. The molecule has 1 aromatic rings. The Labute approximate surface area is 94.8 Å². The number of amides is 1. The molecule has 16 heavy (non-hydrogen) atoms. The Hall–Kier alpha value is -1.55. The maximum Gasteiger partial charge on any atom is 0.407 e. The minimum atomic E-state index is -0.385. The Balaban J connectivity index is 1.72. The Kier molecular flexibility index (Phi) is 3.41. The Morgan fingerprint density at radius 3 is 2.69 bits per heavy atom. The summed E-state index contributed by atoms with van der Waals surface area (Å²) in [4.78, 5) is 11.4. The van der Waals surface area contributed by atoms with E-state index in [0.29, 0.717) is 6.61 Å². The highest BCUT2D eigenvalue weighted by molar-refractivity contribution is 5.67. The van der Waals surface area contributed by atoms with Crippen LogP contribution in [0.5, 0.6) is 0 Å². The first-order chi connectivity index (χ1) is 7.75. The van der Waals surface area contributed by atoms with Gasteiger partial charge in [-0.25, -0.2) is 4.79 Å². The molecule has 1 aromatic carbocycles. The van der Waals surface area contributed by atoms with Gasteiger partial charge in [0.25, 0.3) is 0 Å². The molecule has 4 nitrogen and oxygen atoms in total. The summed E-state index contributed by atoms with van der Waals surface area (Å²) in [5, 5.41) is 2.75. The monoisotopic (exact) mass is 220 g/mol. The van der Waals surface area contributed by atoms with E-state index in [1.807, 2.05) is 30.3 Å².